The number of hydrogen-bond donors (Lipinski definition) is 0. The summed E-state index contributed by atoms with van der Waals surface area (Å²) in [5.74, 6) is -0.804. The molecule has 1 heterocycles. The van der Waals surface area contributed by atoms with Gasteiger partial charge in [-0.15, -0.1) is 0 Å². The van der Waals surface area contributed by atoms with Crippen LogP contribution in [0.25, 0.3) is 0 Å². The number of hydrogen-bond acceptors (Lipinski definition) is 6. The van der Waals surface area contributed by atoms with Gasteiger partial charge in [0, 0.05) is 47.8 Å². The van der Waals surface area contributed by atoms with Crippen molar-refractivity contribution in [2.45, 2.75) is 173 Å². The topological polar surface area (TPSA) is 52.7 Å². The first kappa shape index (κ1) is 38.8. The van der Waals surface area contributed by atoms with Gasteiger partial charge in [0.25, 0.3) is 0 Å². The van der Waals surface area contributed by atoms with Gasteiger partial charge in [-0.1, -0.05) is 103 Å². The monoisotopic (exact) mass is 586 g/mol. The highest BCUT2D eigenvalue weighted by Crippen LogP contribution is 2.21. The Balaban J connectivity index is 1.91. The fraction of sp³-hybridized carbons (Fsp3) is 1.00. The third-order valence-corrected chi connectivity index (χ3v) is 9.30. The second kappa shape index (κ2) is 25.1. The van der Waals surface area contributed by atoms with Gasteiger partial charge in [-0.05, 0) is 52.6 Å². The summed E-state index contributed by atoms with van der Waals surface area (Å²) in [6.07, 6.45) is 29.5. The minimum absolute atomic E-state index is 0.402. The summed E-state index contributed by atoms with van der Waals surface area (Å²) in [7, 11) is 6.94. The van der Waals surface area contributed by atoms with Crippen LogP contribution in [0.15, 0.2) is 0 Å². The molecule has 0 aliphatic carbocycles. The summed E-state index contributed by atoms with van der Waals surface area (Å²) >= 11 is 0. The second-order valence-corrected chi connectivity index (χ2v) is 12.9. The lowest BCUT2D eigenvalue weighted by molar-refractivity contribution is -0.198. The van der Waals surface area contributed by atoms with Crippen LogP contribution in [-0.4, -0.2) is 77.3 Å². The zero-order valence-electron chi connectivity index (χ0n) is 28.5. The Labute approximate surface area is 255 Å². The average molecular weight is 586 g/mol. The molecule has 0 aromatic heterocycles. The van der Waals surface area contributed by atoms with E-state index < -0.39 is 11.6 Å². The van der Waals surface area contributed by atoms with Crippen molar-refractivity contribution in [3.8, 4) is 0 Å². The lowest BCUT2D eigenvalue weighted by atomic mass is 10.0. The van der Waals surface area contributed by atoms with E-state index in [2.05, 4.69) is 4.90 Å². The van der Waals surface area contributed by atoms with Crippen molar-refractivity contribution >= 4 is 0 Å². The van der Waals surface area contributed by atoms with Gasteiger partial charge < -0.3 is 28.6 Å². The lowest BCUT2D eigenvalue weighted by Gasteiger charge is -2.26. The molecule has 6 nitrogen and oxygen atoms in total. The van der Waals surface area contributed by atoms with Gasteiger partial charge in [-0.2, -0.15) is 0 Å². The number of unbranched alkanes of at least 4 members (excludes halogenated alkanes) is 18. The first-order valence-corrected chi connectivity index (χ1v) is 17.4. The third kappa shape index (κ3) is 22.0. The first-order valence-electron chi connectivity index (χ1n) is 17.4. The lowest BCUT2D eigenvalue weighted by Crippen LogP contribution is -2.30. The Kier molecular flexibility index (Phi) is 23.8. The number of rotatable bonds is 32. The second-order valence-electron chi connectivity index (χ2n) is 12.9. The Bertz CT molecular complexity index is 521. The fourth-order valence-electron chi connectivity index (χ4n) is 5.72. The van der Waals surface area contributed by atoms with E-state index in [4.69, 9.17) is 23.7 Å². The van der Waals surface area contributed by atoms with E-state index in [1.165, 1.54) is 142 Å². The summed E-state index contributed by atoms with van der Waals surface area (Å²) in [4.78, 5) is 2.69. The molecular formula is C35H71NO5. The van der Waals surface area contributed by atoms with Crippen LogP contribution in [0.5, 0.6) is 0 Å². The molecule has 0 aromatic rings. The molecule has 1 aliphatic heterocycles. The molecule has 6 heteroatoms. The van der Waals surface area contributed by atoms with E-state index in [9.17, 15) is 0 Å². The molecule has 0 spiro atoms. The van der Waals surface area contributed by atoms with Crippen LogP contribution in [0.2, 0.25) is 0 Å². The van der Waals surface area contributed by atoms with E-state index >= 15 is 0 Å². The Hall–Kier alpha value is -0.240. The largest absolute Gasteiger partial charge is 0.372 e. The van der Waals surface area contributed by atoms with E-state index in [-0.39, 0.29) is 0 Å². The van der Waals surface area contributed by atoms with Crippen LogP contribution in [0.4, 0.5) is 0 Å². The minimum atomic E-state index is -0.402. The minimum Gasteiger partial charge on any atom is -0.372 e. The molecule has 1 saturated heterocycles. The zero-order valence-corrected chi connectivity index (χ0v) is 28.5. The molecule has 1 rings (SSSR count). The molecular weight excluding hydrogens is 514 g/mol. The van der Waals surface area contributed by atoms with Gasteiger partial charge in [-0.25, -0.2) is 0 Å². The van der Waals surface area contributed by atoms with Gasteiger partial charge in [0.15, 0.2) is 11.6 Å². The van der Waals surface area contributed by atoms with E-state index in [1.54, 1.807) is 28.4 Å². The standard InChI is InChI=1S/C35H71NO5/c1-34(37-3,38-4)27-23-19-15-11-7-9-13-17-21-25-29-36(31-33-32-41-33)30-26-22-18-14-10-8-12-16-20-24-28-35(2,39-5)40-6/h33H,7-32H2,1-6H3. The van der Waals surface area contributed by atoms with E-state index in [0.29, 0.717) is 6.10 Å². The fourth-order valence-corrected chi connectivity index (χ4v) is 5.72. The highest BCUT2D eigenvalue weighted by atomic mass is 16.7. The normalized spacial score (nSPS) is 15.7. The molecule has 0 saturated carbocycles. The molecule has 0 N–H and O–H groups in total. The Morgan fingerprint density at radius 3 is 1.02 bits per heavy atom. The number of ether oxygens (including phenoxy) is 5. The third-order valence-electron chi connectivity index (χ3n) is 9.30. The highest BCUT2D eigenvalue weighted by Gasteiger charge is 2.25. The SMILES string of the molecule is COC(C)(CCCCCCCCCCCCN(CCCCCCCCCCCCC(C)(OC)OC)CC1CO1)OC. The Morgan fingerprint density at radius 1 is 0.488 bits per heavy atom. The summed E-state index contributed by atoms with van der Waals surface area (Å²) in [6, 6.07) is 0. The Morgan fingerprint density at radius 2 is 0.756 bits per heavy atom. The predicted octanol–water partition coefficient (Wildman–Crippen LogP) is 9.29. The van der Waals surface area contributed by atoms with Crippen molar-refractivity contribution < 1.29 is 23.7 Å². The number of nitrogens with zero attached hydrogens (tertiary/aromatic N) is 1. The summed E-state index contributed by atoms with van der Waals surface area (Å²) in [5.41, 5.74) is 0. The van der Waals surface area contributed by atoms with Crippen LogP contribution in [-0.2, 0) is 23.7 Å². The van der Waals surface area contributed by atoms with Crippen molar-refractivity contribution in [1.29, 1.82) is 0 Å². The molecule has 1 unspecified atom stereocenters. The van der Waals surface area contributed by atoms with Crippen LogP contribution >= 0.6 is 0 Å². The zero-order chi connectivity index (χ0) is 30.1. The van der Waals surface area contributed by atoms with Crippen LogP contribution in [0, 0.1) is 0 Å². The molecule has 0 bridgehead atoms. The molecule has 1 atom stereocenters. The van der Waals surface area contributed by atoms with Crippen LogP contribution in [0.1, 0.15) is 155 Å². The maximum Gasteiger partial charge on any atom is 0.164 e. The molecule has 1 aliphatic rings. The highest BCUT2D eigenvalue weighted by molar-refractivity contribution is 4.74. The van der Waals surface area contributed by atoms with Crippen LogP contribution in [0.3, 0.4) is 0 Å². The van der Waals surface area contributed by atoms with Crippen LogP contribution < -0.4 is 0 Å². The van der Waals surface area contributed by atoms with Gasteiger partial charge in [-0.3, -0.25) is 0 Å². The molecule has 0 radical (unpaired) electrons. The van der Waals surface area contributed by atoms with Crippen molar-refractivity contribution in [3.63, 3.8) is 0 Å². The summed E-state index contributed by atoms with van der Waals surface area (Å²) in [6.45, 7) is 8.71. The van der Waals surface area contributed by atoms with Gasteiger partial charge in [0.05, 0.1) is 12.7 Å². The predicted molar refractivity (Wildman–Crippen MR) is 173 cm³/mol. The van der Waals surface area contributed by atoms with Crippen molar-refractivity contribution in [3.05, 3.63) is 0 Å². The maximum atomic E-state index is 5.54. The van der Waals surface area contributed by atoms with Crippen molar-refractivity contribution in [2.24, 2.45) is 0 Å². The first-order chi connectivity index (χ1) is 19.9. The maximum absolute atomic E-state index is 5.54. The summed E-state index contributed by atoms with van der Waals surface area (Å²) < 4.78 is 27.3. The molecule has 246 valence electrons. The van der Waals surface area contributed by atoms with Crippen molar-refractivity contribution in [2.75, 3.05) is 54.7 Å². The van der Waals surface area contributed by atoms with Crippen molar-refractivity contribution in [1.82, 2.24) is 4.90 Å². The number of epoxide rings is 1. The molecule has 1 fully saturated rings. The average Bonchev–Trinajstić information content (AvgIpc) is 3.81. The molecule has 0 aromatic carbocycles. The van der Waals surface area contributed by atoms with Gasteiger partial charge in [0.1, 0.15) is 0 Å². The van der Waals surface area contributed by atoms with E-state index in [0.717, 1.165) is 26.0 Å². The number of methoxy groups -OCH3 is 4. The van der Waals surface area contributed by atoms with Gasteiger partial charge >= 0.3 is 0 Å². The van der Waals surface area contributed by atoms with Gasteiger partial charge in [0.2, 0.25) is 0 Å². The smallest absolute Gasteiger partial charge is 0.164 e. The molecule has 0 amide bonds. The quantitative estimate of drug-likeness (QED) is 0.0445. The summed E-state index contributed by atoms with van der Waals surface area (Å²) in [5, 5.41) is 0. The van der Waals surface area contributed by atoms with E-state index in [1.807, 2.05) is 13.8 Å². The molecule has 41 heavy (non-hydrogen) atoms.